The molecule has 0 heterocycles. The van der Waals surface area contributed by atoms with Crippen LogP contribution in [0.1, 0.15) is 47.0 Å². The third-order valence-corrected chi connectivity index (χ3v) is 2.28. The number of carbonyl (C=O) groups excluding carboxylic acids is 1. The molecule has 0 saturated heterocycles. The Hall–Kier alpha value is -0.890. The van der Waals surface area contributed by atoms with E-state index in [0.29, 0.717) is 13.0 Å². The molecule has 0 unspecified atom stereocenters. The number of unbranched alkanes of at least 4 members (excludes halogenated alkanes) is 1. The molecule has 0 atom stereocenters. The van der Waals surface area contributed by atoms with Crippen molar-refractivity contribution in [2.45, 2.75) is 47.0 Å². The SMILES string of the molecule is CCCCC(=O)/C(CN)=C(/C)C=C(C)C. The van der Waals surface area contributed by atoms with Gasteiger partial charge in [-0.05, 0) is 32.8 Å². The molecule has 0 amide bonds. The van der Waals surface area contributed by atoms with E-state index < -0.39 is 0 Å². The second kappa shape index (κ2) is 7.41. The summed E-state index contributed by atoms with van der Waals surface area (Å²) in [4.78, 5) is 11.8. The molecule has 2 heteroatoms. The van der Waals surface area contributed by atoms with E-state index in [1.807, 2.05) is 26.8 Å². The van der Waals surface area contributed by atoms with E-state index >= 15 is 0 Å². The average molecular weight is 209 g/mol. The van der Waals surface area contributed by atoms with Gasteiger partial charge in [-0.15, -0.1) is 0 Å². The molecule has 0 aromatic rings. The minimum absolute atomic E-state index is 0.203. The monoisotopic (exact) mass is 209 g/mol. The second-order valence-corrected chi connectivity index (χ2v) is 4.11. The van der Waals surface area contributed by atoms with Crippen LogP contribution in [-0.4, -0.2) is 12.3 Å². The Kier molecular flexibility index (Phi) is 6.97. The van der Waals surface area contributed by atoms with Crippen molar-refractivity contribution in [3.8, 4) is 0 Å². The molecule has 86 valence electrons. The molecular weight excluding hydrogens is 186 g/mol. The van der Waals surface area contributed by atoms with Gasteiger partial charge in [0.2, 0.25) is 0 Å². The molecular formula is C13H23NO. The highest BCUT2D eigenvalue weighted by Crippen LogP contribution is 2.11. The van der Waals surface area contributed by atoms with E-state index in [1.54, 1.807) is 0 Å². The molecule has 0 fully saturated rings. The van der Waals surface area contributed by atoms with Crippen molar-refractivity contribution in [3.63, 3.8) is 0 Å². The summed E-state index contributed by atoms with van der Waals surface area (Å²) in [5.74, 6) is 0.203. The molecule has 0 aliphatic heterocycles. The van der Waals surface area contributed by atoms with Crippen LogP contribution in [-0.2, 0) is 4.79 Å². The molecule has 0 bridgehead atoms. The van der Waals surface area contributed by atoms with Crippen molar-refractivity contribution in [2.75, 3.05) is 6.54 Å². The minimum Gasteiger partial charge on any atom is -0.326 e. The molecule has 0 saturated carbocycles. The first-order chi connectivity index (χ1) is 7.02. The number of carbonyl (C=O) groups is 1. The van der Waals surface area contributed by atoms with Crippen molar-refractivity contribution in [2.24, 2.45) is 5.73 Å². The molecule has 2 N–H and O–H groups in total. The van der Waals surface area contributed by atoms with Gasteiger partial charge in [0.25, 0.3) is 0 Å². The van der Waals surface area contributed by atoms with Crippen LogP contribution in [0.3, 0.4) is 0 Å². The average Bonchev–Trinajstić information content (AvgIpc) is 2.14. The Balaban J connectivity index is 4.72. The highest BCUT2D eigenvalue weighted by Gasteiger charge is 2.09. The molecule has 0 spiro atoms. The highest BCUT2D eigenvalue weighted by atomic mass is 16.1. The molecule has 0 aromatic heterocycles. The largest absolute Gasteiger partial charge is 0.326 e. The first-order valence-electron chi connectivity index (χ1n) is 5.60. The lowest BCUT2D eigenvalue weighted by Gasteiger charge is -2.06. The van der Waals surface area contributed by atoms with E-state index in [2.05, 4.69) is 6.92 Å². The molecule has 2 nitrogen and oxygen atoms in total. The zero-order chi connectivity index (χ0) is 11.8. The lowest BCUT2D eigenvalue weighted by Crippen LogP contribution is -2.14. The maximum atomic E-state index is 11.8. The predicted octanol–water partition coefficient (Wildman–Crippen LogP) is 2.99. The van der Waals surface area contributed by atoms with Crippen LogP contribution >= 0.6 is 0 Å². The summed E-state index contributed by atoms with van der Waals surface area (Å²) < 4.78 is 0. The lowest BCUT2D eigenvalue weighted by molar-refractivity contribution is -0.115. The third-order valence-electron chi connectivity index (χ3n) is 2.28. The summed E-state index contributed by atoms with van der Waals surface area (Å²) in [5, 5.41) is 0. The number of allylic oxidation sites excluding steroid dienone is 3. The predicted molar refractivity (Wildman–Crippen MR) is 65.7 cm³/mol. The molecule has 0 radical (unpaired) electrons. The summed E-state index contributed by atoms with van der Waals surface area (Å²) in [7, 11) is 0. The first kappa shape index (κ1) is 14.1. The Bertz CT molecular complexity index is 270. The van der Waals surface area contributed by atoms with Gasteiger partial charge in [-0.25, -0.2) is 0 Å². The van der Waals surface area contributed by atoms with Crippen molar-refractivity contribution in [1.82, 2.24) is 0 Å². The molecule has 0 rings (SSSR count). The smallest absolute Gasteiger partial charge is 0.160 e. The summed E-state index contributed by atoms with van der Waals surface area (Å²) in [6.45, 7) is 8.43. The van der Waals surface area contributed by atoms with Crippen LogP contribution in [0.4, 0.5) is 0 Å². The van der Waals surface area contributed by atoms with Gasteiger partial charge in [0.05, 0.1) is 0 Å². The summed E-state index contributed by atoms with van der Waals surface area (Å²) >= 11 is 0. The van der Waals surface area contributed by atoms with E-state index in [9.17, 15) is 4.79 Å². The van der Waals surface area contributed by atoms with Crippen molar-refractivity contribution < 1.29 is 4.79 Å². The van der Waals surface area contributed by atoms with Crippen LogP contribution in [0, 0.1) is 0 Å². The number of rotatable bonds is 6. The summed E-state index contributed by atoms with van der Waals surface area (Å²) in [6.07, 6.45) is 4.64. The van der Waals surface area contributed by atoms with Crippen molar-refractivity contribution in [1.29, 1.82) is 0 Å². The quantitative estimate of drug-likeness (QED) is 0.540. The van der Waals surface area contributed by atoms with Crippen molar-refractivity contribution >= 4 is 5.78 Å². The van der Waals surface area contributed by atoms with Gasteiger partial charge in [-0.3, -0.25) is 4.79 Å². The fraction of sp³-hybridized carbons (Fsp3) is 0.615. The molecule has 0 aliphatic rings. The number of Topliss-reactive ketones (excluding diaryl/α,β-unsaturated/α-hetero) is 1. The van der Waals surface area contributed by atoms with Gasteiger partial charge in [0.1, 0.15) is 0 Å². The van der Waals surface area contributed by atoms with Gasteiger partial charge in [0, 0.05) is 18.5 Å². The van der Waals surface area contributed by atoms with Crippen LogP contribution in [0.2, 0.25) is 0 Å². The number of hydrogen-bond donors (Lipinski definition) is 1. The van der Waals surface area contributed by atoms with E-state index in [-0.39, 0.29) is 5.78 Å². The van der Waals surface area contributed by atoms with Crippen LogP contribution in [0.25, 0.3) is 0 Å². The number of hydrogen-bond acceptors (Lipinski definition) is 2. The summed E-state index contributed by atoms with van der Waals surface area (Å²) in [6, 6.07) is 0. The standard InChI is InChI=1S/C13H23NO/c1-5-6-7-13(15)12(9-14)11(4)8-10(2)3/h8H,5-7,9,14H2,1-4H3/b12-11-. The Morgan fingerprint density at radius 1 is 1.27 bits per heavy atom. The van der Waals surface area contributed by atoms with Gasteiger partial charge in [-0.2, -0.15) is 0 Å². The zero-order valence-electron chi connectivity index (χ0n) is 10.4. The maximum Gasteiger partial charge on any atom is 0.160 e. The third kappa shape index (κ3) is 5.53. The maximum absolute atomic E-state index is 11.8. The molecule has 15 heavy (non-hydrogen) atoms. The van der Waals surface area contributed by atoms with Gasteiger partial charge < -0.3 is 5.73 Å². The Morgan fingerprint density at radius 2 is 1.87 bits per heavy atom. The topological polar surface area (TPSA) is 43.1 Å². The van der Waals surface area contributed by atoms with Gasteiger partial charge in [0.15, 0.2) is 5.78 Å². The number of ketones is 1. The first-order valence-corrected chi connectivity index (χ1v) is 5.60. The van der Waals surface area contributed by atoms with Gasteiger partial charge in [-0.1, -0.05) is 25.0 Å². The minimum atomic E-state index is 0.203. The van der Waals surface area contributed by atoms with E-state index in [1.165, 1.54) is 5.57 Å². The van der Waals surface area contributed by atoms with Crippen LogP contribution in [0.5, 0.6) is 0 Å². The second-order valence-electron chi connectivity index (χ2n) is 4.11. The molecule has 0 aliphatic carbocycles. The van der Waals surface area contributed by atoms with E-state index in [0.717, 1.165) is 24.0 Å². The Labute approximate surface area is 93.2 Å². The Morgan fingerprint density at radius 3 is 2.27 bits per heavy atom. The highest BCUT2D eigenvalue weighted by molar-refractivity contribution is 5.96. The van der Waals surface area contributed by atoms with Crippen LogP contribution in [0.15, 0.2) is 22.8 Å². The van der Waals surface area contributed by atoms with Crippen molar-refractivity contribution in [3.05, 3.63) is 22.8 Å². The van der Waals surface area contributed by atoms with E-state index in [4.69, 9.17) is 5.73 Å². The fourth-order valence-electron chi connectivity index (χ4n) is 1.50. The lowest BCUT2D eigenvalue weighted by atomic mass is 10.00. The van der Waals surface area contributed by atoms with Crippen LogP contribution < -0.4 is 5.73 Å². The molecule has 0 aromatic carbocycles. The summed E-state index contributed by atoms with van der Waals surface area (Å²) in [5.41, 5.74) is 8.60. The number of nitrogens with two attached hydrogens (primary N) is 1. The fourth-order valence-corrected chi connectivity index (χ4v) is 1.50. The normalized spacial score (nSPS) is 12.1. The zero-order valence-corrected chi connectivity index (χ0v) is 10.4. The van der Waals surface area contributed by atoms with Gasteiger partial charge >= 0.3 is 0 Å².